The van der Waals surface area contributed by atoms with Gasteiger partial charge in [0.2, 0.25) is 5.95 Å². The Hall–Kier alpha value is -6.11. The highest BCUT2D eigenvalue weighted by Crippen LogP contribution is 2.42. The summed E-state index contributed by atoms with van der Waals surface area (Å²) in [4.78, 5) is 57.2. The van der Waals surface area contributed by atoms with Crippen LogP contribution in [0.15, 0.2) is 59.9 Å². The van der Waals surface area contributed by atoms with Crippen molar-refractivity contribution in [1.29, 1.82) is 0 Å². The number of nitrogens with one attached hydrogen (secondary N) is 2. The van der Waals surface area contributed by atoms with E-state index in [2.05, 4.69) is 46.7 Å². The Morgan fingerprint density at radius 1 is 0.944 bits per heavy atom. The van der Waals surface area contributed by atoms with Gasteiger partial charge in [0.1, 0.15) is 29.8 Å². The Balaban J connectivity index is 1.24. The number of amides is 1. The number of anilines is 1. The molecule has 21 heteroatoms. The molecule has 3 aromatic rings. The molecule has 3 fully saturated rings. The number of hydrogen-bond donors (Lipinski definition) is 4. The van der Waals surface area contributed by atoms with Crippen molar-refractivity contribution in [2.45, 2.75) is 128 Å². The molecule has 72 heavy (non-hydrogen) atoms. The number of nitrogens with zero attached hydrogens (tertiary/aromatic N) is 5. The predicted molar refractivity (Wildman–Crippen MR) is 256 cm³/mol. The molecule has 0 spiro atoms. The van der Waals surface area contributed by atoms with Gasteiger partial charge < -0.3 is 36.5 Å². The number of ketones is 1. The number of carbonyl (C=O) groups excluding carboxylic acids is 3. The van der Waals surface area contributed by atoms with E-state index in [1.54, 1.807) is 50.5 Å². The number of hydrogen-bond acceptors (Lipinski definition) is 13. The third-order valence-corrected chi connectivity index (χ3v) is 13.8. The summed E-state index contributed by atoms with van der Waals surface area (Å²) < 4.78 is 110. The van der Waals surface area contributed by atoms with Crippen LogP contribution in [-0.4, -0.2) is 115 Å². The fraction of sp³-hybridized carbons (Fsp3) is 0.529. The van der Waals surface area contributed by atoms with Crippen LogP contribution in [0.1, 0.15) is 94.0 Å². The van der Waals surface area contributed by atoms with Crippen molar-refractivity contribution in [2.24, 2.45) is 33.7 Å². The van der Waals surface area contributed by atoms with Crippen LogP contribution < -0.4 is 27.0 Å². The Morgan fingerprint density at radius 2 is 1.56 bits per heavy atom. The highest BCUT2D eigenvalue weighted by Gasteiger charge is 2.56. The quantitative estimate of drug-likeness (QED) is 0.0297. The SMILES string of the molecule is COC(=O)N[C@H](C(=O)C[C@@H](Cc1ccc(C#Cc2cnc(N3CC4CCC(C3)N4C3CCC3)nc2)cc1)[C@H](CNCc1c(F)cc(C(N)=CC=NC(F)F)cc1F)OC(=O)[C@@H](N)C(C)C)C(C)(C)C(F)(F)F. The third-order valence-electron chi connectivity index (χ3n) is 13.8. The smallest absolute Gasteiger partial charge is 0.407 e. The summed E-state index contributed by atoms with van der Waals surface area (Å²) in [6.07, 6.45) is 2.71. The van der Waals surface area contributed by atoms with Crippen LogP contribution in [0, 0.1) is 40.7 Å². The van der Waals surface area contributed by atoms with E-state index in [0.717, 1.165) is 52.3 Å². The maximum atomic E-state index is 15.4. The van der Waals surface area contributed by atoms with E-state index < -0.39 is 103 Å². The fourth-order valence-corrected chi connectivity index (χ4v) is 9.18. The van der Waals surface area contributed by atoms with E-state index in [1.165, 1.54) is 32.1 Å². The molecule has 2 saturated heterocycles. The van der Waals surface area contributed by atoms with Gasteiger partial charge in [-0.3, -0.25) is 14.5 Å². The first kappa shape index (κ1) is 55.2. The molecule has 1 amide bonds. The van der Waals surface area contributed by atoms with E-state index in [9.17, 15) is 36.3 Å². The van der Waals surface area contributed by atoms with Crippen molar-refractivity contribution >= 4 is 35.7 Å². The number of rotatable bonds is 20. The second-order valence-corrected chi connectivity index (χ2v) is 19.5. The molecular weight excluding hydrogens is 952 g/mol. The minimum Gasteiger partial charge on any atom is -0.460 e. The van der Waals surface area contributed by atoms with E-state index in [0.29, 0.717) is 47.0 Å². The number of aromatic nitrogens is 2. The van der Waals surface area contributed by atoms with Gasteiger partial charge in [-0.2, -0.15) is 22.0 Å². The number of alkyl carbamates (subject to hydrolysis) is 1. The van der Waals surface area contributed by atoms with Crippen molar-refractivity contribution in [2.75, 3.05) is 31.6 Å². The number of esters is 1. The maximum Gasteiger partial charge on any atom is 0.407 e. The van der Waals surface area contributed by atoms with Crippen LogP contribution in [0.5, 0.6) is 0 Å². The lowest BCUT2D eigenvalue weighted by Crippen LogP contribution is -2.59. The number of allylic oxidation sites excluding steroid dienone is 1. The molecule has 3 aliphatic rings. The molecule has 14 nitrogen and oxygen atoms in total. The van der Waals surface area contributed by atoms with Gasteiger partial charge in [-0.05, 0) is 87.8 Å². The largest absolute Gasteiger partial charge is 0.460 e. The minimum atomic E-state index is -5.00. The van der Waals surface area contributed by atoms with Crippen LogP contribution in [-0.2, 0) is 32.0 Å². The summed E-state index contributed by atoms with van der Waals surface area (Å²) in [6.45, 7) is 2.61. The number of fused-ring (bicyclic) bond motifs is 2. The zero-order valence-corrected chi connectivity index (χ0v) is 40.8. The molecule has 6 rings (SSSR count). The molecule has 0 radical (unpaired) electrons. The molecule has 390 valence electrons. The van der Waals surface area contributed by atoms with Gasteiger partial charge in [0.15, 0.2) is 5.78 Å². The molecule has 1 aliphatic carbocycles. The Bertz CT molecular complexity index is 2460. The van der Waals surface area contributed by atoms with Crippen LogP contribution in [0.25, 0.3) is 5.70 Å². The number of methoxy groups -OCH3 is 1. The molecule has 1 saturated carbocycles. The molecule has 1 aromatic heterocycles. The van der Waals surface area contributed by atoms with Crippen LogP contribution in [0.2, 0.25) is 0 Å². The van der Waals surface area contributed by atoms with E-state index in [4.69, 9.17) is 16.2 Å². The minimum absolute atomic E-state index is 0.1000. The highest BCUT2D eigenvalue weighted by atomic mass is 19.4. The van der Waals surface area contributed by atoms with Crippen molar-refractivity contribution < 1.29 is 54.6 Å². The van der Waals surface area contributed by atoms with Crippen molar-refractivity contribution in [3.63, 3.8) is 0 Å². The van der Waals surface area contributed by atoms with Gasteiger partial charge >= 0.3 is 24.8 Å². The summed E-state index contributed by atoms with van der Waals surface area (Å²) in [5, 5.41) is 4.87. The summed E-state index contributed by atoms with van der Waals surface area (Å²) >= 11 is 0. The average molecular weight is 1010 g/mol. The van der Waals surface area contributed by atoms with E-state index in [-0.39, 0.29) is 17.7 Å². The van der Waals surface area contributed by atoms with Crippen LogP contribution in [0.4, 0.5) is 41.5 Å². The Kier molecular flexibility index (Phi) is 18.5. The maximum absolute atomic E-state index is 15.4. The number of Topliss-reactive ketones (excluding diaryl/α,β-unsaturated/α-hetero) is 1. The van der Waals surface area contributed by atoms with Crippen molar-refractivity contribution in [3.8, 4) is 11.8 Å². The Labute approximate surface area is 414 Å². The monoisotopic (exact) mass is 1010 g/mol. The summed E-state index contributed by atoms with van der Waals surface area (Å²) in [6, 6.07) is 6.85. The molecule has 2 aromatic carbocycles. The molecule has 3 heterocycles. The number of benzene rings is 2. The predicted octanol–water partition coefficient (Wildman–Crippen LogP) is 7.07. The lowest BCUT2D eigenvalue weighted by molar-refractivity contribution is -0.220. The van der Waals surface area contributed by atoms with Gasteiger partial charge in [0.25, 0.3) is 0 Å². The molecule has 6 atom stereocenters. The second kappa shape index (κ2) is 24.1. The van der Waals surface area contributed by atoms with Crippen molar-refractivity contribution in [3.05, 3.63) is 94.3 Å². The standard InChI is InChI=1S/C51H62F7N9O5/c1-29(2)44(60)46(69)72-43(26-61-25-38-39(52)20-33(21-40(38)53)41(59)17-18-62-47(54)55)34(22-42(68)45(65-49(70)71-5)50(3,4)51(56,57)58)19-31-12-9-30(10-13-31)11-14-32-23-63-48(64-24-32)66-27-36-15-16-37(28-66)67(36)35-7-6-8-35/h9-10,12-13,17-18,20-21,23-24,29,34-37,43-45,47,61H,6-8,15-16,19,22,25-28,59-60H2,1-5H3,(H,65,70)/t34-,36?,37?,43+,44+,45-/m1/s1. The zero-order chi connectivity index (χ0) is 52.5. The van der Waals surface area contributed by atoms with Gasteiger partial charge in [0.05, 0.1) is 18.1 Å². The zero-order valence-electron chi connectivity index (χ0n) is 40.8. The number of halogens is 7. The molecule has 2 aliphatic heterocycles. The lowest BCUT2D eigenvalue weighted by atomic mass is 9.77. The molecule has 2 bridgehead atoms. The summed E-state index contributed by atoms with van der Waals surface area (Å²) in [5.74, 6) is 1.07. The first-order valence-corrected chi connectivity index (χ1v) is 23.9. The summed E-state index contributed by atoms with van der Waals surface area (Å²) in [7, 11) is 0.926. The van der Waals surface area contributed by atoms with E-state index >= 15 is 8.78 Å². The number of carbonyl (C=O) groups is 3. The number of alkyl halides is 5. The summed E-state index contributed by atoms with van der Waals surface area (Å²) in [5.41, 5.74) is 9.93. The number of aliphatic imine (C=N–C) groups is 1. The number of ether oxygens (including phenoxy) is 2. The normalized spacial score (nSPS) is 19.4. The lowest BCUT2D eigenvalue weighted by Gasteiger charge is -2.48. The number of nitrogens with two attached hydrogens (primary N) is 2. The topological polar surface area (TPSA) is 190 Å². The Morgan fingerprint density at radius 3 is 2.10 bits per heavy atom. The third kappa shape index (κ3) is 13.9. The molecular formula is C51H62F7N9O5. The number of piperazine rings is 1. The molecule has 6 N–H and O–H groups in total. The average Bonchev–Trinajstić information content (AvgIpc) is 3.54. The van der Waals surface area contributed by atoms with Crippen molar-refractivity contribution in [1.82, 2.24) is 25.5 Å². The first-order valence-electron chi connectivity index (χ1n) is 23.9. The molecule has 2 unspecified atom stereocenters. The van der Waals surface area contributed by atoms with Crippen LogP contribution in [0.3, 0.4) is 0 Å². The van der Waals surface area contributed by atoms with Gasteiger partial charge in [-0.15, -0.1) is 0 Å². The van der Waals surface area contributed by atoms with Gasteiger partial charge in [-0.25, -0.2) is 28.5 Å². The van der Waals surface area contributed by atoms with Crippen LogP contribution >= 0.6 is 0 Å². The second-order valence-electron chi connectivity index (χ2n) is 19.5. The fourth-order valence-electron chi connectivity index (χ4n) is 9.18. The van der Waals surface area contributed by atoms with Gasteiger partial charge in [0, 0.05) is 97.6 Å². The first-order chi connectivity index (χ1) is 34.1. The highest BCUT2D eigenvalue weighted by molar-refractivity contribution is 5.88. The van der Waals surface area contributed by atoms with Gasteiger partial charge in [-0.1, -0.05) is 44.2 Å². The van der Waals surface area contributed by atoms with E-state index in [1.807, 2.05) is 5.32 Å².